The lowest BCUT2D eigenvalue weighted by molar-refractivity contribution is 0.186. The molecule has 0 fully saturated rings. The number of fused-ring (bicyclic) bond motifs is 1. The van der Waals surface area contributed by atoms with Gasteiger partial charge in [-0.2, -0.15) is 5.10 Å². The maximum Gasteiger partial charge on any atom is 0.183 e. The van der Waals surface area contributed by atoms with Gasteiger partial charge in [0.25, 0.3) is 0 Å². The van der Waals surface area contributed by atoms with Crippen molar-refractivity contribution in [1.29, 1.82) is 0 Å². The molecule has 32 heavy (non-hydrogen) atoms. The Hall–Kier alpha value is -3.82. The predicted molar refractivity (Wildman–Crippen MR) is 123 cm³/mol. The SMILES string of the molecule is COc1cnc(-c2nn(CC=C(C)C)c3ccccc23)nc1Nc1ccncc1C(N)O. The molecule has 4 aromatic rings. The summed E-state index contributed by atoms with van der Waals surface area (Å²) in [7, 11) is 1.54. The summed E-state index contributed by atoms with van der Waals surface area (Å²) in [6.07, 6.45) is 5.62. The van der Waals surface area contributed by atoms with Crippen LogP contribution in [0.1, 0.15) is 25.6 Å². The number of para-hydroxylation sites is 1. The number of nitrogens with zero attached hydrogens (tertiary/aromatic N) is 5. The molecule has 9 nitrogen and oxygen atoms in total. The molecule has 0 aliphatic carbocycles. The Labute approximate surface area is 185 Å². The van der Waals surface area contributed by atoms with E-state index in [-0.39, 0.29) is 0 Å². The van der Waals surface area contributed by atoms with Gasteiger partial charge in [0.15, 0.2) is 17.4 Å². The lowest BCUT2D eigenvalue weighted by atomic mass is 10.2. The van der Waals surface area contributed by atoms with Crippen molar-refractivity contribution in [2.24, 2.45) is 5.73 Å². The van der Waals surface area contributed by atoms with Gasteiger partial charge in [0.2, 0.25) is 0 Å². The Morgan fingerprint density at radius 2 is 2.06 bits per heavy atom. The fraction of sp³-hybridized carbons (Fsp3) is 0.217. The molecule has 0 bridgehead atoms. The van der Waals surface area contributed by atoms with Crippen molar-refractivity contribution >= 4 is 22.4 Å². The summed E-state index contributed by atoms with van der Waals surface area (Å²) in [5.41, 5.74) is 9.55. The van der Waals surface area contributed by atoms with E-state index in [0.717, 1.165) is 10.9 Å². The molecule has 0 spiro atoms. The molecule has 164 valence electrons. The minimum atomic E-state index is -1.19. The van der Waals surface area contributed by atoms with Crippen molar-refractivity contribution in [3.63, 3.8) is 0 Å². The molecular weight excluding hydrogens is 406 g/mol. The number of rotatable bonds is 7. The maximum atomic E-state index is 9.87. The van der Waals surface area contributed by atoms with Crippen LogP contribution in [-0.4, -0.2) is 36.9 Å². The smallest absolute Gasteiger partial charge is 0.183 e. The van der Waals surface area contributed by atoms with Gasteiger partial charge in [-0.1, -0.05) is 29.8 Å². The minimum Gasteiger partial charge on any atom is -0.491 e. The fourth-order valence-corrected chi connectivity index (χ4v) is 3.31. The van der Waals surface area contributed by atoms with E-state index in [1.54, 1.807) is 25.6 Å². The van der Waals surface area contributed by atoms with E-state index in [2.05, 4.69) is 40.2 Å². The summed E-state index contributed by atoms with van der Waals surface area (Å²) in [6.45, 7) is 4.77. The molecule has 9 heteroatoms. The van der Waals surface area contributed by atoms with Gasteiger partial charge in [0, 0.05) is 23.3 Å². The number of aliphatic hydroxyl groups is 1. The first-order chi connectivity index (χ1) is 15.5. The molecular formula is C23H25N7O2. The molecule has 3 aromatic heterocycles. The first-order valence-corrected chi connectivity index (χ1v) is 10.1. The molecule has 4 N–H and O–H groups in total. The monoisotopic (exact) mass is 431 g/mol. The highest BCUT2D eigenvalue weighted by atomic mass is 16.5. The lowest BCUT2D eigenvalue weighted by Crippen LogP contribution is -2.12. The van der Waals surface area contributed by atoms with Crippen molar-refractivity contribution in [3.8, 4) is 17.3 Å². The van der Waals surface area contributed by atoms with Crippen LogP contribution in [0.4, 0.5) is 11.5 Å². The summed E-state index contributed by atoms with van der Waals surface area (Å²) >= 11 is 0. The predicted octanol–water partition coefficient (Wildman–Crippen LogP) is 3.56. The van der Waals surface area contributed by atoms with Crippen molar-refractivity contribution in [1.82, 2.24) is 24.7 Å². The van der Waals surface area contributed by atoms with Gasteiger partial charge in [-0.05, 0) is 26.0 Å². The van der Waals surface area contributed by atoms with E-state index in [1.807, 2.05) is 28.9 Å². The number of benzene rings is 1. The fourth-order valence-electron chi connectivity index (χ4n) is 3.31. The number of ether oxygens (including phenoxy) is 1. The van der Waals surface area contributed by atoms with E-state index in [9.17, 15) is 5.11 Å². The highest BCUT2D eigenvalue weighted by Gasteiger charge is 2.18. The summed E-state index contributed by atoms with van der Waals surface area (Å²) in [4.78, 5) is 13.2. The number of nitrogens with one attached hydrogen (secondary N) is 1. The van der Waals surface area contributed by atoms with Crippen LogP contribution in [0.2, 0.25) is 0 Å². The topological polar surface area (TPSA) is 124 Å². The van der Waals surface area contributed by atoms with Crippen molar-refractivity contribution in [2.45, 2.75) is 26.6 Å². The number of allylic oxidation sites excluding steroid dienone is 2. The second kappa shape index (κ2) is 9.13. The van der Waals surface area contributed by atoms with Crippen LogP contribution in [0.15, 0.2) is 60.6 Å². The van der Waals surface area contributed by atoms with E-state index in [4.69, 9.17) is 15.6 Å². The average Bonchev–Trinajstić information content (AvgIpc) is 3.16. The number of hydrogen-bond donors (Lipinski definition) is 3. The quantitative estimate of drug-likeness (QED) is 0.300. The number of pyridine rings is 1. The van der Waals surface area contributed by atoms with Gasteiger partial charge >= 0.3 is 0 Å². The third-order valence-corrected chi connectivity index (χ3v) is 4.94. The van der Waals surface area contributed by atoms with Crippen LogP contribution in [0.25, 0.3) is 22.4 Å². The first-order valence-electron chi connectivity index (χ1n) is 10.1. The van der Waals surface area contributed by atoms with Gasteiger partial charge < -0.3 is 20.9 Å². The van der Waals surface area contributed by atoms with Crippen LogP contribution in [0.5, 0.6) is 5.75 Å². The van der Waals surface area contributed by atoms with Crippen LogP contribution in [-0.2, 0) is 6.54 Å². The van der Waals surface area contributed by atoms with Crippen LogP contribution < -0.4 is 15.8 Å². The molecule has 0 radical (unpaired) electrons. The highest BCUT2D eigenvalue weighted by Crippen LogP contribution is 2.32. The molecule has 0 saturated carbocycles. The Bertz CT molecular complexity index is 1280. The average molecular weight is 432 g/mol. The molecule has 0 saturated heterocycles. The number of methoxy groups -OCH3 is 1. The van der Waals surface area contributed by atoms with Gasteiger partial charge in [-0.3, -0.25) is 9.67 Å². The summed E-state index contributed by atoms with van der Waals surface area (Å²) in [6, 6.07) is 9.68. The van der Waals surface area contributed by atoms with Crippen molar-refractivity contribution in [2.75, 3.05) is 12.4 Å². The molecule has 0 amide bonds. The van der Waals surface area contributed by atoms with E-state index in [0.29, 0.717) is 40.9 Å². The number of nitrogens with two attached hydrogens (primary N) is 1. The Kier molecular flexibility index (Phi) is 6.11. The minimum absolute atomic E-state index is 0.425. The maximum absolute atomic E-state index is 9.87. The molecule has 4 rings (SSSR count). The zero-order valence-electron chi connectivity index (χ0n) is 18.1. The molecule has 0 aliphatic heterocycles. The number of aromatic nitrogens is 5. The van der Waals surface area contributed by atoms with Crippen molar-refractivity contribution in [3.05, 3.63) is 66.1 Å². The number of hydrogen-bond acceptors (Lipinski definition) is 8. The molecule has 1 unspecified atom stereocenters. The number of aliphatic hydroxyl groups excluding tert-OH is 1. The lowest BCUT2D eigenvalue weighted by Gasteiger charge is -2.15. The zero-order valence-corrected chi connectivity index (χ0v) is 18.1. The summed E-state index contributed by atoms with van der Waals surface area (Å²) in [5.74, 6) is 1.31. The third kappa shape index (κ3) is 4.29. The van der Waals surface area contributed by atoms with Gasteiger partial charge in [-0.25, -0.2) is 9.97 Å². The van der Waals surface area contributed by atoms with E-state index in [1.165, 1.54) is 11.8 Å². The molecule has 0 aliphatic rings. The van der Waals surface area contributed by atoms with Gasteiger partial charge in [0.05, 0.1) is 31.1 Å². The van der Waals surface area contributed by atoms with E-state index >= 15 is 0 Å². The third-order valence-electron chi connectivity index (χ3n) is 4.94. The second-order valence-electron chi connectivity index (χ2n) is 7.47. The Morgan fingerprint density at radius 1 is 1.25 bits per heavy atom. The highest BCUT2D eigenvalue weighted by molar-refractivity contribution is 5.92. The summed E-state index contributed by atoms with van der Waals surface area (Å²) in [5, 5.41) is 18.8. The largest absolute Gasteiger partial charge is 0.491 e. The molecule has 3 heterocycles. The van der Waals surface area contributed by atoms with Gasteiger partial charge in [0.1, 0.15) is 11.9 Å². The second-order valence-corrected chi connectivity index (χ2v) is 7.47. The normalized spacial score (nSPS) is 11.9. The van der Waals surface area contributed by atoms with Crippen LogP contribution >= 0.6 is 0 Å². The van der Waals surface area contributed by atoms with Crippen LogP contribution in [0.3, 0.4) is 0 Å². The van der Waals surface area contributed by atoms with Crippen molar-refractivity contribution < 1.29 is 9.84 Å². The Balaban J connectivity index is 1.80. The van der Waals surface area contributed by atoms with E-state index < -0.39 is 6.23 Å². The molecule has 1 aromatic carbocycles. The number of anilines is 2. The molecule has 1 atom stereocenters. The van der Waals surface area contributed by atoms with Crippen LogP contribution in [0, 0.1) is 0 Å². The first kappa shape index (κ1) is 21.4. The Morgan fingerprint density at radius 3 is 2.81 bits per heavy atom. The zero-order chi connectivity index (χ0) is 22.7. The summed E-state index contributed by atoms with van der Waals surface area (Å²) < 4.78 is 7.37. The van der Waals surface area contributed by atoms with Gasteiger partial charge in [-0.15, -0.1) is 0 Å². The standard InChI is InChI=1S/C23H25N7O2/c1-14(2)9-11-30-18-7-5-4-6-15(18)20(29-30)23-26-13-19(32-3)22(28-23)27-17-8-10-25-12-16(17)21(24)31/h4-10,12-13,21,31H,11,24H2,1-3H3,(H,25,26,27,28).